The van der Waals surface area contributed by atoms with E-state index >= 15 is 0 Å². The van der Waals surface area contributed by atoms with Crippen molar-refractivity contribution < 1.29 is 14.3 Å². The number of pyridine rings is 1. The van der Waals surface area contributed by atoms with E-state index in [9.17, 15) is 9.59 Å². The Hall–Kier alpha value is -2.25. The van der Waals surface area contributed by atoms with Gasteiger partial charge in [0.2, 0.25) is 0 Å². The summed E-state index contributed by atoms with van der Waals surface area (Å²) in [6, 6.07) is 10.0. The van der Waals surface area contributed by atoms with E-state index in [1.807, 2.05) is 27.0 Å². The number of fused-ring (bicyclic) bond motifs is 2. The average molecular weight is 500 g/mol. The van der Waals surface area contributed by atoms with E-state index in [0.29, 0.717) is 19.6 Å². The topological polar surface area (TPSA) is 62.7 Å². The van der Waals surface area contributed by atoms with Crippen LogP contribution in [0.15, 0.2) is 41.0 Å². The molecular weight excluding hydrogens is 470 g/mol. The highest BCUT2D eigenvalue weighted by Gasteiger charge is 2.40. The lowest BCUT2D eigenvalue weighted by molar-refractivity contribution is -0.124. The van der Waals surface area contributed by atoms with E-state index in [1.54, 1.807) is 11.8 Å². The number of ether oxygens (including phenoxy) is 1. The van der Waals surface area contributed by atoms with Crippen molar-refractivity contribution in [2.24, 2.45) is 0 Å². The monoisotopic (exact) mass is 499 g/mol. The molecular formula is C25H30BrN3O3. The third-order valence-corrected chi connectivity index (χ3v) is 6.55. The van der Waals surface area contributed by atoms with Crippen LogP contribution in [0.3, 0.4) is 0 Å². The molecule has 1 amide bonds. The number of halogens is 1. The van der Waals surface area contributed by atoms with Gasteiger partial charge in [-0.1, -0.05) is 24.3 Å². The molecule has 2 aromatic rings. The van der Waals surface area contributed by atoms with Crippen LogP contribution in [0.1, 0.15) is 56.1 Å². The van der Waals surface area contributed by atoms with Crippen molar-refractivity contribution in [3.63, 3.8) is 0 Å². The standard InChI is InChI=1S/C25H30BrN3O3/c1-16(30)21-15-28(11-12-29(21)24(31)32-25(2,3)4)23-20-8-6-5-7-17(20)9-10-18-13-19(26)14-27-22(18)23/h5-8,13-14,21,23H,9-12,15H2,1-4H3/t21-,23?/m1/s1. The zero-order chi connectivity index (χ0) is 23.0. The van der Waals surface area contributed by atoms with Crippen LogP contribution in [0.2, 0.25) is 0 Å². The van der Waals surface area contributed by atoms with Crippen LogP contribution in [-0.4, -0.2) is 57.9 Å². The van der Waals surface area contributed by atoms with Crippen LogP contribution < -0.4 is 0 Å². The van der Waals surface area contributed by atoms with E-state index in [1.165, 1.54) is 16.7 Å². The highest BCUT2D eigenvalue weighted by atomic mass is 79.9. The number of nitrogens with zero attached hydrogens (tertiary/aromatic N) is 3. The van der Waals surface area contributed by atoms with Crippen LogP contribution in [0.25, 0.3) is 0 Å². The largest absolute Gasteiger partial charge is 0.444 e. The third kappa shape index (κ3) is 4.74. The number of benzene rings is 1. The maximum Gasteiger partial charge on any atom is 0.410 e. The predicted molar refractivity (Wildman–Crippen MR) is 127 cm³/mol. The molecule has 32 heavy (non-hydrogen) atoms. The predicted octanol–water partition coefficient (Wildman–Crippen LogP) is 4.54. The fourth-order valence-electron chi connectivity index (χ4n) is 4.68. The summed E-state index contributed by atoms with van der Waals surface area (Å²) in [5, 5.41) is 0. The number of amides is 1. The lowest BCUT2D eigenvalue weighted by atomic mass is 9.95. The number of hydrogen-bond acceptors (Lipinski definition) is 5. The fourth-order valence-corrected chi connectivity index (χ4v) is 5.06. The number of Topliss-reactive ketones (excluding diaryl/α,β-unsaturated/α-hetero) is 1. The van der Waals surface area contributed by atoms with Crippen molar-refractivity contribution in [1.29, 1.82) is 0 Å². The number of hydrogen-bond donors (Lipinski definition) is 0. The molecule has 0 spiro atoms. The van der Waals surface area contributed by atoms with Gasteiger partial charge in [-0.05, 0) is 79.2 Å². The van der Waals surface area contributed by atoms with E-state index in [4.69, 9.17) is 9.72 Å². The second-order valence-corrected chi connectivity index (χ2v) is 10.5. The summed E-state index contributed by atoms with van der Waals surface area (Å²) in [5.41, 5.74) is 4.18. The minimum absolute atomic E-state index is 0.0357. The Kier molecular flexibility index (Phi) is 6.41. The van der Waals surface area contributed by atoms with Gasteiger partial charge in [-0.2, -0.15) is 0 Å². The first kappa shape index (κ1) is 22.9. The van der Waals surface area contributed by atoms with Gasteiger partial charge in [0.05, 0.1) is 11.7 Å². The molecule has 1 aromatic heterocycles. The number of ketones is 1. The van der Waals surface area contributed by atoms with Crippen LogP contribution >= 0.6 is 15.9 Å². The molecule has 2 atom stereocenters. The smallest absolute Gasteiger partial charge is 0.410 e. The Morgan fingerprint density at radius 3 is 2.56 bits per heavy atom. The van der Waals surface area contributed by atoms with Gasteiger partial charge in [-0.15, -0.1) is 0 Å². The summed E-state index contributed by atoms with van der Waals surface area (Å²) in [6.07, 6.45) is 3.29. The number of carbonyl (C=O) groups excluding carboxylic acids is 2. The zero-order valence-corrected chi connectivity index (χ0v) is 20.7. The van der Waals surface area contributed by atoms with Gasteiger partial charge in [0.15, 0.2) is 5.78 Å². The SMILES string of the molecule is CC(=O)[C@H]1CN(C2c3ccccc3CCc3cc(Br)cnc32)CCN1C(=O)OC(C)(C)C. The highest BCUT2D eigenvalue weighted by molar-refractivity contribution is 9.10. The Balaban J connectivity index is 1.70. The number of piperazine rings is 1. The van der Waals surface area contributed by atoms with Gasteiger partial charge in [-0.25, -0.2) is 4.79 Å². The molecule has 1 aromatic carbocycles. The Bertz CT molecular complexity index is 1030. The van der Waals surface area contributed by atoms with E-state index in [2.05, 4.69) is 51.2 Å². The molecule has 1 fully saturated rings. The van der Waals surface area contributed by atoms with E-state index in [-0.39, 0.29) is 11.8 Å². The Morgan fingerprint density at radius 2 is 1.84 bits per heavy atom. The molecule has 0 bridgehead atoms. The fraction of sp³-hybridized carbons (Fsp3) is 0.480. The van der Waals surface area contributed by atoms with Crippen LogP contribution in [0.4, 0.5) is 4.79 Å². The summed E-state index contributed by atoms with van der Waals surface area (Å²) in [5.74, 6) is -0.0357. The molecule has 0 radical (unpaired) electrons. The number of aryl methyl sites for hydroxylation is 2. The molecule has 2 aliphatic rings. The Labute approximate surface area is 198 Å². The van der Waals surface area contributed by atoms with Gasteiger partial charge in [0.1, 0.15) is 11.6 Å². The van der Waals surface area contributed by atoms with Crippen molar-refractivity contribution in [2.75, 3.05) is 19.6 Å². The Morgan fingerprint density at radius 1 is 1.12 bits per heavy atom. The first-order valence-corrected chi connectivity index (χ1v) is 11.9. The first-order chi connectivity index (χ1) is 15.1. The normalized spacial score (nSPS) is 21.3. The summed E-state index contributed by atoms with van der Waals surface area (Å²) in [4.78, 5) is 34.1. The number of rotatable bonds is 2. The molecule has 1 unspecified atom stereocenters. The van der Waals surface area contributed by atoms with Gasteiger partial charge in [-0.3, -0.25) is 19.6 Å². The molecule has 1 aliphatic carbocycles. The summed E-state index contributed by atoms with van der Waals surface area (Å²) in [6.45, 7) is 8.59. The van der Waals surface area contributed by atoms with Gasteiger partial charge >= 0.3 is 6.09 Å². The minimum Gasteiger partial charge on any atom is -0.444 e. The quantitative estimate of drug-likeness (QED) is 0.606. The van der Waals surface area contributed by atoms with Gasteiger partial charge < -0.3 is 4.74 Å². The summed E-state index contributed by atoms with van der Waals surface area (Å²) in [7, 11) is 0. The molecule has 1 saturated heterocycles. The summed E-state index contributed by atoms with van der Waals surface area (Å²) < 4.78 is 6.55. The van der Waals surface area contributed by atoms with Crippen molar-refractivity contribution in [3.8, 4) is 0 Å². The minimum atomic E-state index is -0.605. The highest BCUT2D eigenvalue weighted by Crippen LogP contribution is 2.37. The molecule has 6 nitrogen and oxygen atoms in total. The second kappa shape index (κ2) is 8.94. The number of aromatic nitrogens is 1. The maximum absolute atomic E-state index is 12.8. The van der Waals surface area contributed by atoms with Gasteiger partial charge in [0, 0.05) is 30.3 Å². The molecule has 0 N–H and O–H groups in total. The van der Waals surface area contributed by atoms with E-state index in [0.717, 1.165) is 23.0 Å². The first-order valence-electron chi connectivity index (χ1n) is 11.1. The molecule has 0 saturated carbocycles. The van der Waals surface area contributed by atoms with Crippen molar-refractivity contribution in [1.82, 2.24) is 14.8 Å². The van der Waals surface area contributed by atoms with Crippen LogP contribution in [-0.2, 0) is 22.4 Å². The van der Waals surface area contributed by atoms with E-state index < -0.39 is 17.7 Å². The van der Waals surface area contributed by atoms with Crippen molar-refractivity contribution in [2.45, 2.75) is 58.2 Å². The molecule has 7 heteroatoms. The van der Waals surface area contributed by atoms with Crippen LogP contribution in [0, 0.1) is 0 Å². The van der Waals surface area contributed by atoms with Crippen molar-refractivity contribution in [3.05, 3.63) is 63.4 Å². The molecule has 4 rings (SSSR count). The molecule has 2 heterocycles. The molecule has 170 valence electrons. The van der Waals surface area contributed by atoms with Crippen LogP contribution in [0.5, 0.6) is 0 Å². The third-order valence-electron chi connectivity index (χ3n) is 6.11. The lowest BCUT2D eigenvalue weighted by Gasteiger charge is -2.43. The molecule has 1 aliphatic heterocycles. The lowest BCUT2D eigenvalue weighted by Crippen LogP contribution is -2.59. The number of carbonyl (C=O) groups is 2. The zero-order valence-electron chi connectivity index (χ0n) is 19.1. The second-order valence-electron chi connectivity index (χ2n) is 9.59. The van der Waals surface area contributed by atoms with Gasteiger partial charge in [0.25, 0.3) is 0 Å². The summed E-state index contributed by atoms with van der Waals surface area (Å²) >= 11 is 3.56. The average Bonchev–Trinajstić information content (AvgIpc) is 2.88. The van der Waals surface area contributed by atoms with Crippen molar-refractivity contribution >= 4 is 27.8 Å². The maximum atomic E-state index is 12.8.